The van der Waals surface area contributed by atoms with Crippen LogP contribution in [0.5, 0.6) is 0 Å². The maximum absolute atomic E-state index is 13.1. The molecule has 0 unspecified atom stereocenters. The van der Waals surface area contributed by atoms with Crippen molar-refractivity contribution in [3.63, 3.8) is 0 Å². The number of imidazole rings is 2. The summed E-state index contributed by atoms with van der Waals surface area (Å²) in [6, 6.07) is 62.3. The van der Waals surface area contributed by atoms with Crippen molar-refractivity contribution in [2.75, 3.05) is 12.3 Å². The second-order valence-electron chi connectivity index (χ2n) is 19.5. The van der Waals surface area contributed by atoms with Gasteiger partial charge in [0, 0.05) is 24.8 Å². The number of aryl methyl sites for hydroxylation is 1. The summed E-state index contributed by atoms with van der Waals surface area (Å²) in [4.78, 5) is 15.8. The average molecular weight is 1400 g/mol. The van der Waals surface area contributed by atoms with Gasteiger partial charge in [0.25, 0.3) is 0 Å². The van der Waals surface area contributed by atoms with E-state index in [1.54, 1.807) is 41.7 Å². The minimum absolute atomic E-state index is 0. The van der Waals surface area contributed by atoms with E-state index >= 15 is 0 Å². The van der Waals surface area contributed by atoms with Crippen molar-refractivity contribution in [1.29, 1.82) is 0 Å². The number of benzene rings is 6. The van der Waals surface area contributed by atoms with Crippen LogP contribution in [0.4, 0.5) is 13.2 Å². The molecule has 8 nitrogen and oxygen atoms in total. The van der Waals surface area contributed by atoms with Crippen molar-refractivity contribution in [2.24, 2.45) is 0 Å². The van der Waals surface area contributed by atoms with Crippen LogP contribution in [0.2, 0.25) is 0 Å². The molecule has 0 aliphatic rings. The molecule has 0 fully saturated rings. The minimum Gasteiger partial charge on any atom is -0.489 e. The normalized spacial score (nSPS) is 11.5. The Morgan fingerprint density at radius 1 is 0.493 bits per heavy atom. The molecule has 388 valence electrons. The van der Waals surface area contributed by atoms with Gasteiger partial charge in [-0.1, -0.05) is 121 Å². The van der Waals surface area contributed by atoms with Gasteiger partial charge in [0.1, 0.15) is 12.3 Å². The zero-order chi connectivity index (χ0) is 51.6. The molecule has 0 bridgehead atoms. The Bertz CT molecular complexity index is 3100. The van der Waals surface area contributed by atoms with E-state index in [9.17, 15) is 13.2 Å². The molecular weight excluding hydrogens is 1340 g/mol. The largest absolute Gasteiger partial charge is 2.00 e. The van der Waals surface area contributed by atoms with E-state index in [-0.39, 0.29) is 64.2 Å². The van der Waals surface area contributed by atoms with Crippen LogP contribution in [-0.2, 0) is 59.1 Å². The molecule has 0 spiro atoms. The Labute approximate surface area is 470 Å². The SMILES string of the molecule is CC(C)(C)c1cc(-c2[n-]cnc2C(F)(F)F)[c-]c(-n2cccn2)c1.Cc1nc[n-]c1-c1[c-]c(-n2cccn2)cc(C(C)(C)C)c1.[Pt+2].[Pt+2].c1ccc([PH+](CC[PH+](c2ccccc2)c2ccccc2)c2ccccc2)cc1. The number of aromatic nitrogens is 8. The van der Waals surface area contributed by atoms with Crippen LogP contribution in [-0.4, -0.2) is 41.9 Å². The number of halogens is 3. The Morgan fingerprint density at radius 2 is 0.853 bits per heavy atom. The third kappa shape index (κ3) is 15.4. The maximum atomic E-state index is 13.1. The summed E-state index contributed by atoms with van der Waals surface area (Å²) in [5, 5.41) is 14.5. The van der Waals surface area contributed by atoms with Crippen LogP contribution < -0.4 is 31.2 Å². The maximum Gasteiger partial charge on any atom is 2.00 e. The van der Waals surface area contributed by atoms with Gasteiger partial charge in [0.2, 0.25) is 0 Å². The fourth-order valence-electron chi connectivity index (χ4n) is 8.28. The number of alkyl halides is 3. The first-order valence-electron chi connectivity index (χ1n) is 24.1. The molecule has 6 aromatic carbocycles. The van der Waals surface area contributed by atoms with Crippen molar-refractivity contribution in [2.45, 2.75) is 65.5 Å². The Balaban J connectivity index is 0.000000182. The van der Waals surface area contributed by atoms with Crippen LogP contribution >= 0.6 is 15.8 Å². The van der Waals surface area contributed by atoms with Gasteiger partial charge in [0.05, 0.1) is 37.1 Å². The predicted molar refractivity (Wildman–Crippen MR) is 296 cm³/mol. The standard InChI is InChI=1S/C26H24P2.C17H15F3N4.C17H18N4.2Pt/c1-5-13-23(14-6-1)27(24-15-7-2-8-16-24)21-22-28(25-17-9-3-10-18-25)26-19-11-4-12-20-26;1-16(2,3)12-7-11(8-13(9-12)24-6-4-5-23-24)14-15(17(18,19)20)22-10-21-14;1-12-16(19-11-18-12)13-8-14(17(2,3)4)10-15(9-13)21-7-5-6-20-21;;/h1-20H,21-22H2;4-7,9-10H,1-3H3;5-8,10-11H,1-4H3;;/q;2*-2;2*+2/p+2. The fraction of sp³-hybridized carbons (Fsp3) is 0.200. The molecular formula is C60H59F3N8P2Pt2+2. The zero-order valence-corrected chi connectivity index (χ0v) is 49.3. The molecule has 4 heterocycles. The molecule has 0 aliphatic carbocycles. The van der Waals surface area contributed by atoms with Gasteiger partial charge in [-0.15, -0.1) is 88.4 Å². The van der Waals surface area contributed by atoms with Crippen LogP contribution in [0.15, 0.2) is 195 Å². The number of hydrogen-bond donors (Lipinski definition) is 0. The molecule has 0 amide bonds. The third-order valence-corrected chi connectivity index (χ3v) is 18.3. The molecule has 0 saturated heterocycles. The summed E-state index contributed by atoms with van der Waals surface area (Å²) < 4.78 is 42.8. The average Bonchev–Trinajstić information content (AvgIpc) is 4.26. The summed E-state index contributed by atoms with van der Waals surface area (Å²) in [7, 11) is -1.57. The summed E-state index contributed by atoms with van der Waals surface area (Å²) in [6.45, 7) is 14.5. The van der Waals surface area contributed by atoms with Gasteiger partial charge in [-0.25, -0.2) is 0 Å². The van der Waals surface area contributed by atoms with Gasteiger partial charge in [-0.2, -0.15) is 23.4 Å². The number of nitrogens with zero attached hydrogens (tertiary/aromatic N) is 8. The molecule has 10 rings (SSSR count). The molecule has 75 heavy (non-hydrogen) atoms. The molecule has 10 aromatic rings. The first kappa shape index (κ1) is 58.4. The number of rotatable bonds is 11. The second-order valence-corrected chi connectivity index (χ2v) is 24.8. The van der Waals surface area contributed by atoms with E-state index in [2.05, 4.69) is 196 Å². The van der Waals surface area contributed by atoms with E-state index in [0.717, 1.165) is 34.5 Å². The molecule has 4 aromatic heterocycles. The molecule has 0 aliphatic heterocycles. The third-order valence-electron chi connectivity index (χ3n) is 12.2. The fourth-order valence-corrected chi connectivity index (χ4v) is 14.5. The van der Waals surface area contributed by atoms with Gasteiger partial charge in [0.15, 0.2) is 0 Å². The van der Waals surface area contributed by atoms with E-state index < -0.39 is 27.7 Å². The molecule has 0 atom stereocenters. The molecule has 0 saturated carbocycles. The van der Waals surface area contributed by atoms with Gasteiger partial charge < -0.3 is 19.9 Å². The predicted octanol–water partition coefficient (Wildman–Crippen LogP) is 12.0. The molecule has 0 radical (unpaired) electrons. The first-order chi connectivity index (χ1) is 35.0. The van der Waals surface area contributed by atoms with Crippen LogP contribution in [0.1, 0.15) is 64.1 Å². The topological polar surface area (TPSA) is 89.6 Å². The smallest absolute Gasteiger partial charge is 0.489 e. The van der Waals surface area contributed by atoms with Crippen LogP contribution in [0.25, 0.3) is 33.9 Å². The van der Waals surface area contributed by atoms with Gasteiger partial charge >= 0.3 is 48.3 Å². The van der Waals surface area contributed by atoms with E-state index in [1.165, 1.54) is 39.1 Å². The summed E-state index contributed by atoms with van der Waals surface area (Å²) in [5.41, 5.74) is 5.13. The molecule has 15 heteroatoms. The zero-order valence-electron chi connectivity index (χ0n) is 42.7. The van der Waals surface area contributed by atoms with E-state index in [0.29, 0.717) is 5.69 Å². The Kier molecular flexibility index (Phi) is 20.5. The van der Waals surface area contributed by atoms with Gasteiger partial charge in [-0.05, 0) is 88.6 Å². The monoisotopic (exact) mass is 1400 g/mol. The van der Waals surface area contributed by atoms with Crippen molar-refractivity contribution >= 4 is 37.1 Å². The minimum atomic E-state index is -4.57. The van der Waals surface area contributed by atoms with Gasteiger partial charge in [-0.3, -0.25) is 9.36 Å². The summed E-state index contributed by atoms with van der Waals surface area (Å²) in [6.07, 6.45) is 7.47. The van der Waals surface area contributed by atoms with E-state index in [4.69, 9.17) is 0 Å². The number of hydrogen-bond acceptors (Lipinski definition) is 4. The van der Waals surface area contributed by atoms with Crippen molar-refractivity contribution in [1.82, 2.24) is 39.5 Å². The van der Waals surface area contributed by atoms with E-state index in [1.807, 2.05) is 50.7 Å². The van der Waals surface area contributed by atoms with Crippen molar-refractivity contribution in [3.8, 4) is 33.9 Å². The quantitative estimate of drug-likeness (QED) is 0.0947. The summed E-state index contributed by atoms with van der Waals surface area (Å²) in [5.74, 6) is 0. The molecule has 0 N–H and O–H groups in total. The van der Waals surface area contributed by atoms with Crippen molar-refractivity contribution in [3.05, 3.63) is 230 Å². The second kappa shape index (κ2) is 26.3. The van der Waals surface area contributed by atoms with Crippen LogP contribution in [0.3, 0.4) is 0 Å². The Morgan fingerprint density at radius 3 is 1.17 bits per heavy atom. The van der Waals surface area contributed by atoms with Crippen molar-refractivity contribution < 1.29 is 55.3 Å². The first-order valence-corrected chi connectivity index (χ1v) is 27.5. The Hall–Kier alpha value is -5.81. The van der Waals surface area contributed by atoms with Crippen LogP contribution in [0, 0.1) is 19.1 Å². The summed E-state index contributed by atoms with van der Waals surface area (Å²) >= 11 is 0.